The number of halogens is 2. The highest BCUT2D eigenvalue weighted by molar-refractivity contribution is 5.95. The summed E-state index contributed by atoms with van der Waals surface area (Å²) in [5, 5.41) is 10.7. The van der Waals surface area contributed by atoms with E-state index in [-0.39, 0.29) is 24.0 Å². The van der Waals surface area contributed by atoms with Gasteiger partial charge in [-0.15, -0.1) is 12.4 Å². The summed E-state index contributed by atoms with van der Waals surface area (Å²) in [6.07, 6.45) is 1.64. The van der Waals surface area contributed by atoms with E-state index in [1.165, 1.54) is 0 Å². The third-order valence-corrected chi connectivity index (χ3v) is 3.25. The molecule has 1 aromatic rings. The second-order valence-electron chi connectivity index (χ2n) is 4.49. The molecule has 0 aliphatic carbocycles. The van der Waals surface area contributed by atoms with E-state index in [0.29, 0.717) is 13.1 Å². The van der Waals surface area contributed by atoms with Crippen LogP contribution in [0, 0.1) is 15.9 Å². The standard InChI is InChI=1S/C12H14FN3O3.ClH/c13-9-4-8(5-11(6-9)16(18)19)12(17)15-3-1-2-10(15)7-14;/h4-6,10H,1-3,7,14H2;1H. The molecule has 1 aliphatic rings. The maximum Gasteiger partial charge on any atom is 0.273 e. The molecule has 2 N–H and O–H groups in total. The van der Waals surface area contributed by atoms with Crippen LogP contribution in [0.25, 0.3) is 0 Å². The van der Waals surface area contributed by atoms with Crippen molar-refractivity contribution in [3.63, 3.8) is 0 Å². The molecule has 0 saturated carbocycles. The molecule has 2 rings (SSSR count). The Bertz CT molecular complexity index is 527. The summed E-state index contributed by atoms with van der Waals surface area (Å²) < 4.78 is 13.3. The molecule has 0 aromatic heterocycles. The van der Waals surface area contributed by atoms with Crippen molar-refractivity contribution < 1.29 is 14.1 Å². The van der Waals surface area contributed by atoms with Crippen LogP contribution in [0.4, 0.5) is 10.1 Å². The Hall–Kier alpha value is -1.73. The van der Waals surface area contributed by atoms with Crippen molar-refractivity contribution in [3.05, 3.63) is 39.7 Å². The van der Waals surface area contributed by atoms with Crippen molar-refractivity contribution >= 4 is 24.0 Å². The van der Waals surface area contributed by atoms with Gasteiger partial charge in [0, 0.05) is 30.8 Å². The van der Waals surface area contributed by atoms with Crippen molar-refractivity contribution in [2.24, 2.45) is 5.73 Å². The van der Waals surface area contributed by atoms with Crippen LogP contribution in [0.3, 0.4) is 0 Å². The number of nitrogens with zero attached hydrogens (tertiary/aromatic N) is 2. The summed E-state index contributed by atoms with van der Waals surface area (Å²) in [7, 11) is 0. The minimum Gasteiger partial charge on any atom is -0.334 e. The summed E-state index contributed by atoms with van der Waals surface area (Å²) in [6.45, 7) is 0.883. The Kier molecular flexibility index (Phi) is 5.41. The molecule has 1 saturated heterocycles. The van der Waals surface area contributed by atoms with Crippen LogP contribution in [-0.4, -0.2) is 34.9 Å². The predicted octanol–water partition coefficient (Wildman–Crippen LogP) is 1.72. The molecule has 110 valence electrons. The average molecular weight is 304 g/mol. The zero-order chi connectivity index (χ0) is 14.0. The van der Waals surface area contributed by atoms with Gasteiger partial charge >= 0.3 is 0 Å². The Morgan fingerprint density at radius 3 is 2.80 bits per heavy atom. The fourth-order valence-electron chi connectivity index (χ4n) is 2.32. The molecule has 1 heterocycles. The number of benzene rings is 1. The molecule has 8 heteroatoms. The van der Waals surface area contributed by atoms with Crippen LogP contribution in [-0.2, 0) is 0 Å². The predicted molar refractivity (Wildman–Crippen MR) is 73.4 cm³/mol. The normalized spacial score (nSPS) is 17.7. The largest absolute Gasteiger partial charge is 0.334 e. The lowest BCUT2D eigenvalue weighted by Gasteiger charge is -2.23. The molecular weight excluding hydrogens is 289 g/mol. The number of non-ortho nitro benzene ring substituents is 1. The minimum absolute atomic E-state index is 0. The first-order valence-electron chi connectivity index (χ1n) is 5.99. The van der Waals surface area contributed by atoms with Crippen molar-refractivity contribution in [1.29, 1.82) is 0 Å². The number of rotatable bonds is 3. The molecular formula is C12H15ClFN3O3. The fraction of sp³-hybridized carbons (Fsp3) is 0.417. The number of likely N-dealkylation sites (tertiary alicyclic amines) is 1. The van der Waals surface area contributed by atoms with Gasteiger partial charge < -0.3 is 10.6 Å². The molecule has 0 bridgehead atoms. The van der Waals surface area contributed by atoms with Gasteiger partial charge in [0.2, 0.25) is 0 Å². The van der Waals surface area contributed by atoms with Gasteiger partial charge in [-0.2, -0.15) is 0 Å². The molecule has 20 heavy (non-hydrogen) atoms. The van der Waals surface area contributed by atoms with Crippen LogP contribution in [0.2, 0.25) is 0 Å². The lowest BCUT2D eigenvalue weighted by atomic mass is 10.1. The molecule has 1 atom stereocenters. The third-order valence-electron chi connectivity index (χ3n) is 3.25. The van der Waals surface area contributed by atoms with E-state index in [0.717, 1.165) is 31.0 Å². The van der Waals surface area contributed by atoms with Gasteiger partial charge in [-0.3, -0.25) is 14.9 Å². The average Bonchev–Trinajstić information content (AvgIpc) is 2.85. The molecule has 1 unspecified atom stereocenters. The van der Waals surface area contributed by atoms with Crippen LogP contribution in [0.1, 0.15) is 23.2 Å². The first-order chi connectivity index (χ1) is 9.02. The Balaban J connectivity index is 0.00000200. The molecule has 0 spiro atoms. The van der Waals surface area contributed by atoms with E-state index in [2.05, 4.69) is 0 Å². The summed E-state index contributed by atoms with van der Waals surface area (Å²) >= 11 is 0. The van der Waals surface area contributed by atoms with Crippen LogP contribution in [0.15, 0.2) is 18.2 Å². The molecule has 0 radical (unpaired) electrons. The van der Waals surface area contributed by atoms with Crippen molar-refractivity contribution in [1.82, 2.24) is 4.90 Å². The highest BCUT2D eigenvalue weighted by atomic mass is 35.5. The Morgan fingerprint density at radius 2 is 2.20 bits per heavy atom. The number of hydrogen-bond donors (Lipinski definition) is 1. The van der Waals surface area contributed by atoms with Crippen molar-refractivity contribution in [3.8, 4) is 0 Å². The number of nitrogens with two attached hydrogens (primary N) is 1. The van der Waals surface area contributed by atoms with Crippen molar-refractivity contribution in [2.45, 2.75) is 18.9 Å². The molecule has 1 aliphatic heterocycles. The Labute approximate surface area is 121 Å². The summed E-state index contributed by atoms with van der Waals surface area (Å²) in [6, 6.07) is 2.83. The molecule has 1 fully saturated rings. The topological polar surface area (TPSA) is 89.5 Å². The van der Waals surface area contributed by atoms with Gasteiger partial charge in [0.25, 0.3) is 11.6 Å². The van der Waals surface area contributed by atoms with E-state index in [9.17, 15) is 19.3 Å². The van der Waals surface area contributed by atoms with Gasteiger partial charge in [-0.25, -0.2) is 4.39 Å². The first kappa shape index (κ1) is 16.3. The van der Waals surface area contributed by atoms with E-state index in [1.54, 1.807) is 4.90 Å². The fourth-order valence-corrected chi connectivity index (χ4v) is 2.32. The molecule has 1 amide bonds. The summed E-state index contributed by atoms with van der Waals surface area (Å²) in [4.78, 5) is 23.7. The maximum absolute atomic E-state index is 13.3. The van der Waals surface area contributed by atoms with Gasteiger partial charge in [-0.05, 0) is 18.9 Å². The van der Waals surface area contributed by atoms with Crippen LogP contribution >= 0.6 is 12.4 Å². The quantitative estimate of drug-likeness (QED) is 0.680. The molecule has 1 aromatic carbocycles. The molecule has 6 nitrogen and oxygen atoms in total. The summed E-state index contributed by atoms with van der Waals surface area (Å²) in [5.41, 5.74) is 5.14. The van der Waals surface area contributed by atoms with Gasteiger partial charge in [0.15, 0.2) is 0 Å². The minimum atomic E-state index is -0.791. The second-order valence-corrected chi connectivity index (χ2v) is 4.49. The first-order valence-corrected chi connectivity index (χ1v) is 5.99. The number of carbonyl (C=O) groups is 1. The highest BCUT2D eigenvalue weighted by Gasteiger charge is 2.29. The van der Waals surface area contributed by atoms with Crippen LogP contribution in [0.5, 0.6) is 0 Å². The van der Waals surface area contributed by atoms with Gasteiger partial charge in [0.05, 0.1) is 11.0 Å². The van der Waals surface area contributed by atoms with Crippen LogP contribution < -0.4 is 5.73 Å². The smallest absolute Gasteiger partial charge is 0.273 e. The van der Waals surface area contributed by atoms with E-state index >= 15 is 0 Å². The Morgan fingerprint density at radius 1 is 1.50 bits per heavy atom. The lowest BCUT2D eigenvalue weighted by Crippen LogP contribution is -2.39. The van der Waals surface area contributed by atoms with Gasteiger partial charge in [-0.1, -0.05) is 0 Å². The lowest BCUT2D eigenvalue weighted by molar-refractivity contribution is -0.385. The SMILES string of the molecule is Cl.NCC1CCCN1C(=O)c1cc(F)cc([N+](=O)[O-])c1. The summed E-state index contributed by atoms with van der Waals surface area (Å²) in [5.74, 6) is -1.20. The zero-order valence-corrected chi connectivity index (χ0v) is 11.4. The number of nitro groups is 1. The number of hydrogen-bond acceptors (Lipinski definition) is 4. The highest BCUT2D eigenvalue weighted by Crippen LogP contribution is 2.22. The van der Waals surface area contributed by atoms with E-state index < -0.39 is 22.3 Å². The number of nitro benzene ring substituents is 1. The number of amides is 1. The van der Waals surface area contributed by atoms with E-state index in [1.807, 2.05) is 0 Å². The van der Waals surface area contributed by atoms with Crippen molar-refractivity contribution in [2.75, 3.05) is 13.1 Å². The van der Waals surface area contributed by atoms with Gasteiger partial charge in [0.1, 0.15) is 5.82 Å². The number of carbonyl (C=O) groups excluding carboxylic acids is 1. The zero-order valence-electron chi connectivity index (χ0n) is 10.6. The monoisotopic (exact) mass is 303 g/mol. The maximum atomic E-state index is 13.3. The second kappa shape index (κ2) is 6.62. The third kappa shape index (κ3) is 3.23. The van der Waals surface area contributed by atoms with E-state index in [4.69, 9.17) is 5.73 Å².